The maximum atomic E-state index is 13.9. The topological polar surface area (TPSA) is 137 Å². The van der Waals surface area contributed by atoms with Crippen LogP contribution in [0.4, 0.5) is 0 Å². The molecule has 0 radical (unpaired) electrons. The summed E-state index contributed by atoms with van der Waals surface area (Å²) in [7, 11) is 1.43. The van der Waals surface area contributed by atoms with Crippen LogP contribution >= 0.6 is 11.6 Å². The highest BCUT2D eigenvalue weighted by molar-refractivity contribution is 6.30. The van der Waals surface area contributed by atoms with Crippen molar-refractivity contribution in [2.45, 2.75) is 65.6 Å². The van der Waals surface area contributed by atoms with Crippen LogP contribution in [0.2, 0.25) is 5.02 Å². The van der Waals surface area contributed by atoms with Gasteiger partial charge in [-0.1, -0.05) is 23.7 Å². The lowest BCUT2D eigenvalue weighted by Gasteiger charge is -2.38. The van der Waals surface area contributed by atoms with Crippen LogP contribution in [0, 0.1) is 30.6 Å². The number of ether oxygens (including phenoxy) is 2. The first-order chi connectivity index (χ1) is 19.9. The molecule has 10 nitrogen and oxygen atoms in total. The van der Waals surface area contributed by atoms with E-state index in [-0.39, 0.29) is 40.8 Å². The minimum absolute atomic E-state index is 0.0371. The standard InChI is InChI=1S/C31H34ClN5O5/c1-17-12-21(15-24(41-6)27(17)42-25-13-18(2)35-36-29(25)39)28(38)34-19(3)30(40)37-23(20-8-7-9-22(32)14-20)10-11-26(37)31(4,5)16-33/h7-9,12-15,19,23,26H,10-11H2,1-6H3,(H,34,38)(H,36,39)/t19?,23-,26+/m0/s1. The first kappa shape index (κ1) is 30.6. The quantitative estimate of drug-likeness (QED) is 0.365. The number of aryl methyl sites for hydroxylation is 2. The Morgan fingerprint density at radius 2 is 1.93 bits per heavy atom. The number of nitriles is 1. The van der Waals surface area contributed by atoms with Crippen molar-refractivity contribution in [3.05, 3.63) is 80.2 Å². The third-order valence-electron chi connectivity index (χ3n) is 7.54. The van der Waals surface area contributed by atoms with Gasteiger partial charge >= 0.3 is 5.56 Å². The normalized spacial score (nSPS) is 17.3. The van der Waals surface area contributed by atoms with Crippen LogP contribution in [-0.4, -0.2) is 46.1 Å². The minimum atomic E-state index is -0.894. The molecule has 1 unspecified atom stereocenters. The fraction of sp³-hybridized carbons (Fsp3) is 0.387. The molecule has 220 valence electrons. The molecule has 1 aliphatic heterocycles. The number of nitrogens with zero attached hydrogens (tertiary/aromatic N) is 3. The first-order valence-electron chi connectivity index (χ1n) is 13.6. The molecule has 1 aliphatic rings. The van der Waals surface area contributed by atoms with Crippen LogP contribution in [-0.2, 0) is 4.79 Å². The fourth-order valence-electron chi connectivity index (χ4n) is 5.33. The number of aromatic nitrogens is 2. The van der Waals surface area contributed by atoms with Gasteiger partial charge in [0.25, 0.3) is 5.91 Å². The van der Waals surface area contributed by atoms with E-state index in [0.29, 0.717) is 29.1 Å². The summed E-state index contributed by atoms with van der Waals surface area (Å²) >= 11 is 6.26. The highest BCUT2D eigenvalue weighted by Crippen LogP contribution is 2.44. The van der Waals surface area contributed by atoms with Gasteiger partial charge in [0.2, 0.25) is 5.91 Å². The lowest BCUT2D eigenvalue weighted by atomic mass is 9.84. The molecule has 3 atom stereocenters. The number of aromatic amines is 1. The van der Waals surface area contributed by atoms with E-state index in [4.69, 9.17) is 21.1 Å². The third kappa shape index (κ3) is 6.26. The number of methoxy groups -OCH3 is 1. The van der Waals surface area contributed by atoms with Gasteiger partial charge in [0.1, 0.15) is 6.04 Å². The summed E-state index contributed by atoms with van der Waals surface area (Å²) in [5, 5.41) is 19.5. The van der Waals surface area contributed by atoms with Crippen molar-refractivity contribution >= 4 is 23.4 Å². The number of carbonyl (C=O) groups is 2. The zero-order valence-corrected chi connectivity index (χ0v) is 25.2. The van der Waals surface area contributed by atoms with E-state index in [1.165, 1.54) is 19.2 Å². The number of rotatable bonds is 8. The molecule has 11 heteroatoms. The minimum Gasteiger partial charge on any atom is -0.493 e. The molecule has 1 saturated heterocycles. The summed E-state index contributed by atoms with van der Waals surface area (Å²) in [6, 6.07) is 12.8. The first-order valence-corrected chi connectivity index (χ1v) is 14.0. The van der Waals surface area contributed by atoms with Crippen LogP contribution in [0.1, 0.15) is 66.8 Å². The lowest BCUT2D eigenvalue weighted by Crippen LogP contribution is -2.52. The number of hydrogen-bond donors (Lipinski definition) is 2. The second-order valence-corrected chi connectivity index (χ2v) is 11.5. The fourth-order valence-corrected chi connectivity index (χ4v) is 5.53. The number of H-pyrrole nitrogens is 1. The smallest absolute Gasteiger partial charge is 0.307 e. The van der Waals surface area contributed by atoms with E-state index in [1.807, 2.05) is 32.0 Å². The molecule has 2 amide bonds. The Balaban J connectivity index is 1.59. The summed E-state index contributed by atoms with van der Waals surface area (Å²) in [5.41, 5.74) is 0.924. The molecular formula is C31H34ClN5O5. The molecule has 4 rings (SSSR count). The van der Waals surface area contributed by atoms with Crippen molar-refractivity contribution in [1.29, 1.82) is 5.26 Å². The summed E-state index contributed by atoms with van der Waals surface area (Å²) < 4.78 is 11.3. The zero-order valence-electron chi connectivity index (χ0n) is 24.4. The molecule has 42 heavy (non-hydrogen) atoms. The van der Waals surface area contributed by atoms with Crippen LogP contribution in [0.25, 0.3) is 0 Å². The van der Waals surface area contributed by atoms with Gasteiger partial charge in [0.05, 0.1) is 36.4 Å². The Morgan fingerprint density at radius 1 is 1.19 bits per heavy atom. The van der Waals surface area contributed by atoms with Gasteiger partial charge in [-0.3, -0.25) is 14.4 Å². The van der Waals surface area contributed by atoms with E-state index in [0.717, 1.165) is 5.56 Å². The van der Waals surface area contributed by atoms with Gasteiger partial charge in [0.15, 0.2) is 17.2 Å². The summed E-state index contributed by atoms with van der Waals surface area (Å²) in [6.07, 6.45) is 1.31. The van der Waals surface area contributed by atoms with Crippen LogP contribution in [0.15, 0.2) is 47.3 Å². The molecule has 1 fully saturated rings. The number of amides is 2. The van der Waals surface area contributed by atoms with Crippen molar-refractivity contribution in [3.8, 4) is 23.3 Å². The average Bonchev–Trinajstić information content (AvgIpc) is 3.41. The highest BCUT2D eigenvalue weighted by atomic mass is 35.5. The summed E-state index contributed by atoms with van der Waals surface area (Å²) in [4.78, 5) is 41.2. The summed E-state index contributed by atoms with van der Waals surface area (Å²) in [6.45, 7) is 8.71. The predicted molar refractivity (Wildman–Crippen MR) is 158 cm³/mol. The molecule has 1 aromatic heterocycles. The monoisotopic (exact) mass is 591 g/mol. The van der Waals surface area contributed by atoms with Crippen LogP contribution in [0.5, 0.6) is 17.2 Å². The van der Waals surface area contributed by atoms with Gasteiger partial charge in [0, 0.05) is 16.7 Å². The zero-order chi connectivity index (χ0) is 30.8. The molecular weight excluding hydrogens is 558 g/mol. The molecule has 0 saturated carbocycles. The number of halogens is 1. The largest absolute Gasteiger partial charge is 0.493 e. The third-order valence-corrected chi connectivity index (χ3v) is 7.78. The Labute approximate surface area is 249 Å². The highest BCUT2D eigenvalue weighted by Gasteiger charge is 2.46. The van der Waals surface area contributed by atoms with Crippen molar-refractivity contribution in [1.82, 2.24) is 20.4 Å². The Hall–Kier alpha value is -4.36. The van der Waals surface area contributed by atoms with Crippen molar-refractivity contribution in [3.63, 3.8) is 0 Å². The van der Waals surface area contributed by atoms with Crippen LogP contribution < -0.4 is 20.3 Å². The number of nitrogens with one attached hydrogen (secondary N) is 2. The van der Waals surface area contributed by atoms with E-state index < -0.39 is 22.9 Å². The van der Waals surface area contributed by atoms with Crippen LogP contribution in [0.3, 0.4) is 0 Å². The number of carbonyl (C=O) groups excluding carboxylic acids is 2. The van der Waals surface area contributed by atoms with Gasteiger partial charge in [-0.15, -0.1) is 0 Å². The number of likely N-dealkylation sites (tertiary alicyclic amines) is 1. The Morgan fingerprint density at radius 3 is 2.60 bits per heavy atom. The van der Waals surface area contributed by atoms with E-state index in [9.17, 15) is 19.6 Å². The van der Waals surface area contributed by atoms with Crippen molar-refractivity contribution in [2.24, 2.45) is 5.41 Å². The molecule has 2 aromatic carbocycles. The lowest BCUT2D eigenvalue weighted by molar-refractivity contribution is -0.137. The molecule has 2 heterocycles. The number of hydrogen-bond acceptors (Lipinski definition) is 7. The maximum absolute atomic E-state index is 13.9. The molecule has 0 spiro atoms. The van der Waals surface area contributed by atoms with Gasteiger partial charge in [-0.05, 0) is 82.9 Å². The second kappa shape index (κ2) is 12.2. The van der Waals surface area contributed by atoms with Crippen molar-refractivity contribution < 1.29 is 19.1 Å². The average molecular weight is 592 g/mol. The van der Waals surface area contributed by atoms with Gasteiger partial charge in [-0.25, -0.2) is 5.10 Å². The summed E-state index contributed by atoms with van der Waals surface area (Å²) in [5.74, 6) is -0.234. The number of benzene rings is 2. The van der Waals surface area contributed by atoms with E-state index in [1.54, 1.807) is 37.8 Å². The van der Waals surface area contributed by atoms with Crippen molar-refractivity contribution in [2.75, 3.05) is 7.11 Å². The molecule has 0 bridgehead atoms. The van der Waals surface area contributed by atoms with Gasteiger partial charge < -0.3 is 19.7 Å². The van der Waals surface area contributed by atoms with Gasteiger partial charge in [-0.2, -0.15) is 10.4 Å². The molecule has 3 aromatic rings. The predicted octanol–water partition coefficient (Wildman–Crippen LogP) is 5.24. The van der Waals surface area contributed by atoms with E-state index in [2.05, 4.69) is 21.6 Å². The molecule has 0 aliphatic carbocycles. The molecule has 2 N–H and O–H groups in total. The maximum Gasteiger partial charge on any atom is 0.307 e. The SMILES string of the molecule is COc1cc(C(=O)NC(C)C(=O)N2[C@H](c3cccc(Cl)c3)CC[C@@H]2C(C)(C)C#N)cc(C)c1Oc1cc(C)n[nH]c1=O. The Bertz CT molecular complexity index is 1610. The Kier molecular flexibility index (Phi) is 8.92. The van der Waals surface area contributed by atoms with E-state index >= 15 is 0 Å². The second-order valence-electron chi connectivity index (χ2n) is 11.1.